The fourth-order valence-electron chi connectivity index (χ4n) is 2.13. The van der Waals surface area contributed by atoms with Crippen molar-refractivity contribution < 1.29 is 9.72 Å². The minimum Gasteiger partial charge on any atom is -0.358 e. The van der Waals surface area contributed by atoms with E-state index in [0.29, 0.717) is 17.8 Å². The molecule has 1 aromatic heterocycles. The van der Waals surface area contributed by atoms with Crippen LogP contribution in [0.3, 0.4) is 0 Å². The quantitative estimate of drug-likeness (QED) is 0.458. The monoisotopic (exact) mass is 264 g/mol. The van der Waals surface area contributed by atoms with Gasteiger partial charge >= 0.3 is 5.82 Å². The van der Waals surface area contributed by atoms with E-state index in [0.717, 1.165) is 19.4 Å². The number of aromatic nitrogens is 2. The van der Waals surface area contributed by atoms with Gasteiger partial charge in [0.05, 0.1) is 7.05 Å². The predicted octanol–water partition coefficient (Wildman–Crippen LogP) is 1.35. The summed E-state index contributed by atoms with van der Waals surface area (Å²) < 4.78 is 1.38. The molecule has 1 fully saturated rings. The summed E-state index contributed by atoms with van der Waals surface area (Å²) in [6.45, 7) is 0.747. The van der Waals surface area contributed by atoms with Crippen LogP contribution in [0.4, 0.5) is 5.82 Å². The summed E-state index contributed by atoms with van der Waals surface area (Å²) in [7, 11) is 3.34. The molecular weight excluding hydrogens is 248 g/mol. The molecular formula is C12H16N4O3. The number of hydrogen-bond acceptors (Lipinski definition) is 4. The molecule has 2 rings (SSSR count). The molecule has 0 spiro atoms. The van der Waals surface area contributed by atoms with Crippen molar-refractivity contribution in [3.8, 4) is 0 Å². The van der Waals surface area contributed by atoms with Gasteiger partial charge in [-0.15, -0.1) is 0 Å². The zero-order chi connectivity index (χ0) is 14.0. The maximum absolute atomic E-state index is 12.1. The Morgan fingerprint density at radius 1 is 1.42 bits per heavy atom. The van der Waals surface area contributed by atoms with Crippen LogP contribution in [-0.4, -0.2) is 38.9 Å². The summed E-state index contributed by atoms with van der Waals surface area (Å²) in [5.41, 5.74) is 0.656. The van der Waals surface area contributed by atoms with Gasteiger partial charge in [0.25, 0.3) is 0 Å². The summed E-state index contributed by atoms with van der Waals surface area (Å²) in [6.07, 6.45) is 5.45. The van der Waals surface area contributed by atoms with E-state index in [9.17, 15) is 14.9 Å². The summed E-state index contributed by atoms with van der Waals surface area (Å²) in [6, 6.07) is 0. The Morgan fingerprint density at radius 3 is 2.79 bits per heavy atom. The summed E-state index contributed by atoms with van der Waals surface area (Å²) in [5.74, 6) is 0.328. The van der Waals surface area contributed by atoms with Crippen LogP contribution in [0, 0.1) is 10.1 Å². The molecule has 1 aromatic rings. The fourth-order valence-corrected chi connectivity index (χ4v) is 2.13. The van der Waals surface area contributed by atoms with Gasteiger partial charge < -0.3 is 15.0 Å². The number of hydrogen-bond donors (Lipinski definition) is 0. The maximum Gasteiger partial charge on any atom is 0.342 e. The smallest absolute Gasteiger partial charge is 0.342 e. The Balaban J connectivity index is 2.34. The topological polar surface area (TPSA) is 81.3 Å². The number of carbonyl (C=O) groups excluding carboxylic acids is 1. The molecule has 1 amide bonds. The summed E-state index contributed by atoms with van der Waals surface area (Å²) in [4.78, 5) is 28.0. The van der Waals surface area contributed by atoms with Crippen LogP contribution < -0.4 is 0 Å². The van der Waals surface area contributed by atoms with Crippen molar-refractivity contribution in [3.63, 3.8) is 0 Å². The van der Waals surface area contributed by atoms with Crippen LogP contribution in [0.5, 0.6) is 0 Å². The second kappa shape index (κ2) is 5.21. The number of amides is 1. The average Bonchev–Trinajstić information content (AvgIpc) is 2.65. The molecule has 1 saturated heterocycles. The Morgan fingerprint density at radius 2 is 2.16 bits per heavy atom. The van der Waals surface area contributed by atoms with Crippen LogP contribution >= 0.6 is 0 Å². The minimum atomic E-state index is -0.490. The molecule has 0 bridgehead atoms. The number of nitro groups is 1. The molecule has 0 saturated carbocycles. The van der Waals surface area contributed by atoms with E-state index in [1.165, 1.54) is 10.8 Å². The third kappa shape index (κ3) is 2.64. The summed E-state index contributed by atoms with van der Waals surface area (Å²) in [5, 5.41) is 10.7. The second-order valence-corrected chi connectivity index (χ2v) is 4.64. The lowest BCUT2D eigenvalue weighted by atomic mass is 10.1. The van der Waals surface area contributed by atoms with Crippen LogP contribution in [0.15, 0.2) is 11.8 Å². The molecule has 0 aliphatic carbocycles. The molecule has 2 heterocycles. The first-order valence-electron chi connectivity index (χ1n) is 6.13. The number of carbonyl (C=O) groups is 1. The highest BCUT2D eigenvalue weighted by Crippen LogP contribution is 2.20. The SMILES string of the molecule is CN1CCCC/C(=C\c2ncc([N+](=O)[O-])n2C)C1=O. The van der Waals surface area contributed by atoms with Crippen LogP contribution in [0.25, 0.3) is 6.08 Å². The maximum atomic E-state index is 12.1. The van der Waals surface area contributed by atoms with Gasteiger partial charge in [-0.3, -0.25) is 4.79 Å². The van der Waals surface area contributed by atoms with E-state index < -0.39 is 4.92 Å². The van der Waals surface area contributed by atoms with Crippen molar-refractivity contribution in [2.75, 3.05) is 13.6 Å². The zero-order valence-corrected chi connectivity index (χ0v) is 11.0. The average molecular weight is 264 g/mol. The van der Waals surface area contributed by atoms with Gasteiger partial charge in [0, 0.05) is 25.2 Å². The first-order valence-corrected chi connectivity index (χ1v) is 6.13. The summed E-state index contributed by atoms with van der Waals surface area (Å²) >= 11 is 0. The lowest BCUT2D eigenvalue weighted by Crippen LogP contribution is -2.26. The Hall–Kier alpha value is -2.18. The molecule has 0 aromatic carbocycles. The van der Waals surface area contributed by atoms with Gasteiger partial charge in [-0.25, -0.2) is 9.55 Å². The third-order valence-electron chi connectivity index (χ3n) is 3.30. The third-order valence-corrected chi connectivity index (χ3v) is 3.30. The van der Waals surface area contributed by atoms with Crippen molar-refractivity contribution in [2.24, 2.45) is 7.05 Å². The van der Waals surface area contributed by atoms with Crippen LogP contribution in [0.1, 0.15) is 25.1 Å². The highest BCUT2D eigenvalue weighted by molar-refractivity contribution is 5.97. The van der Waals surface area contributed by atoms with Crippen molar-refractivity contribution >= 4 is 17.8 Å². The highest BCUT2D eigenvalue weighted by atomic mass is 16.6. The predicted molar refractivity (Wildman–Crippen MR) is 69.3 cm³/mol. The van der Waals surface area contributed by atoms with E-state index in [1.54, 1.807) is 25.1 Å². The van der Waals surface area contributed by atoms with Gasteiger partial charge in [-0.05, 0) is 24.2 Å². The van der Waals surface area contributed by atoms with Crippen LogP contribution in [-0.2, 0) is 11.8 Å². The van der Waals surface area contributed by atoms with E-state index >= 15 is 0 Å². The Labute approximate surface area is 110 Å². The lowest BCUT2D eigenvalue weighted by Gasteiger charge is -2.13. The van der Waals surface area contributed by atoms with E-state index in [-0.39, 0.29) is 11.7 Å². The van der Waals surface area contributed by atoms with E-state index in [2.05, 4.69) is 4.98 Å². The largest absolute Gasteiger partial charge is 0.358 e. The van der Waals surface area contributed by atoms with Gasteiger partial charge in [0.15, 0.2) is 0 Å². The van der Waals surface area contributed by atoms with Crippen molar-refractivity contribution in [1.29, 1.82) is 0 Å². The first-order chi connectivity index (χ1) is 9.00. The van der Waals surface area contributed by atoms with Crippen molar-refractivity contribution in [3.05, 3.63) is 27.7 Å². The number of nitrogens with zero attached hydrogens (tertiary/aromatic N) is 4. The Bertz CT molecular complexity index is 547. The van der Waals surface area contributed by atoms with Gasteiger partial charge in [0.2, 0.25) is 11.7 Å². The minimum absolute atomic E-state index is 0.0249. The normalized spacial score (nSPS) is 18.7. The van der Waals surface area contributed by atoms with Gasteiger partial charge in [0.1, 0.15) is 6.20 Å². The van der Waals surface area contributed by atoms with E-state index in [1.807, 2.05) is 0 Å². The molecule has 0 atom stereocenters. The number of likely N-dealkylation sites (N-methyl/N-ethyl adjacent to an activating group) is 1. The fraction of sp³-hybridized carbons (Fsp3) is 0.500. The molecule has 19 heavy (non-hydrogen) atoms. The zero-order valence-electron chi connectivity index (χ0n) is 11.0. The molecule has 0 unspecified atom stereocenters. The first kappa shape index (κ1) is 13.3. The number of likely N-dealkylation sites (tertiary alicyclic amines) is 1. The number of imidazole rings is 1. The molecule has 1 aliphatic rings. The van der Waals surface area contributed by atoms with Gasteiger partial charge in [-0.2, -0.15) is 0 Å². The van der Waals surface area contributed by atoms with Crippen molar-refractivity contribution in [1.82, 2.24) is 14.5 Å². The van der Waals surface area contributed by atoms with Crippen LogP contribution in [0.2, 0.25) is 0 Å². The second-order valence-electron chi connectivity index (χ2n) is 4.64. The van der Waals surface area contributed by atoms with Gasteiger partial charge in [-0.1, -0.05) is 0 Å². The molecule has 7 heteroatoms. The lowest BCUT2D eigenvalue weighted by molar-refractivity contribution is -0.391. The molecule has 0 N–H and O–H groups in total. The molecule has 1 aliphatic heterocycles. The van der Waals surface area contributed by atoms with Crippen molar-refractivity contribution in [2.45, 2.75) is 19.3 Å². The van der Waals surface area contributed by atoms with E-state index in [4.69, 9.17) is 0 Å². The number of rotatable bonds is 2. The standard InChI is InChI=1S/C12H16N4O3/c1-14-6-4-3-5-9(12(14)17)7-10-13-8-11(15(10)2)16(18)19/h7-8H,3-6H2,1-2H3/b9-7+. The highest BCUT2D eigenvalue weighted by Gasteiger charge is 2.21. The molecule has 7 nitrogen and oxygen atoms in total. The molecule has 102 valence electrons. The Kier molecular flexibility index (Phi) is 3.64. The molecule has 0 radical (unpaired) electrons.